The number of aromatic nitrogens is 1. The number of carbonyl (C=O) groups is 2. The summed E-state index contributed by atoms with van der Waals surface area (Å²) in [6, 6.07) is 11.3. The largest absolute Gasteiger partial charge is 0.347 e. The molecule has 0 fully saturated rings. The van der Waals surface area contributed by atoms with E-state index in [4.69, 9.17) is 0 Å². The lowest BCUT2D eigenvalue weighted by atomic mass is 9.83. The molecule has 0 unspecified atom stereocenters. The van der Waals surface area contributed by atoms with Crippen molar-refractivity contribution in [3.8, 4) is 0 Å². The number of fused-ring (bicyclic) bond motifs is 1. The molecule has 0 atom stereocenters. The molecule has 0 spiro atoms. The highest BCUT2D eigenvalue weighted by molar-refractivity contribution is 6.47. The summed E-state index contributed by atoms with van der Waals surface area (Å²) in [6.45, 7) is 4.12. The Labute approximate surface area is 135 Å². The third kappa shape index (κ3) is 2.46. The number of para-hydroxylation sites is 1. The number of hydrogen-bond donors (Lipinski definition) is 0. The number of nitrogens with zero attached hydrogens (tertiary/aromatic N) is 2. The van der Waals surface area contributed by atoms with Crippen LogP contribution < -0.4 is 4.90 Å². The normalized spacial score (nSPS) is 17.2. The van der Waals surface area contributed by atoms with Crippen molar-refractivity contribution in [2.75, 3.05) is 11.9 Å². The van der Waals surface area contributed by atoms with E-state index in [2.05, 4.69) is 24.9 Å². The number of ketones is 2. The monoisotopic (exact) mass is 306 g/mol. The van der Waals surface area contributed by atoms with Crippen LogP contribution in [0.4, 0.5) is 5.69 Å². The van der Waals surface area contributed by atoms with Gasteiger partial charge in [0.05, 0.1) is 0 Å². The highest BCUT2D eigenvalue weighted by Crippen LogP contribution is 2.46. The zero-order chi connectivity index (χ0) is 16.6. The summed E-state index contributed by atoms with van der Waals surface area (Å²) in [5.41, 5.74) is 3.02. The van der Waals surface area contributed by atoms with Crippen LogP contribution in [-0.2, 0) is 10.2 Å². The third-order valence-corrected chi connectivity index (χ3v) is 4.36. The van der Waals surface area contributed by atoms with Crippen molar-refractivity contribution in [2.45, 2.75) is 19.3 Å². The highest BCUT2D eigenvalue weighted by Gasteiger charge is 2.38. The number of anilines is 1. The van der Waals surface area contributed by atoms with Crippen LogP contribution in [0.1, 0.15) is 29.8 Å². The zero-order valence-electron chi connectivity index (χ0n) is 13.4. The summed E-state index contributed by atoms with van der Waals surface area (Å²) in [5.74, 6) is -1.06. The number of hydrogen-bond acceptors (Lipinski definition) is 4. The molecule has 0 saturated carbocycles. The Hall–Kier alpha value is -2.75. The molecule has 1 aromatic heterocycles. The van der Waals surface area contributed by atoms with Gasteiger partial charge in [0, 0.05) is 47.9 Å². The third-order valence-electron chi connectivity index (χ3n) is 4.36. The van der Waals surface area contributed by atoms with Gasteiger partial charge in [0.2, 0.25) is 11.6 Å². The van der Waals surface area contributed by atoms with Gasteiger partial charge in [-0.1, -0.05) is 32.0 Å². The van der Waals surface area contributed by atoms with Gasteiger partial charge in [0.25, 0.3) is 0 Å². The fourth-order valence-corrected chi connectivity index (χ4v) is 3.09. The quantitative estimate of drug-likeness (QED) is 0.496. The van der Waals surface area contributed by atoms with Gasteiger partial charge < -0.3 is 4.90 Å². The van der Waals surface area contributed by atoms with Crippen LogP contribution >= 0.6 is 0 Å². The van der Waals surface area contributed by atoms with Crippen LogP contribution in [0.25, 0.3) is 0 Å². The predicted molar refractivity (Wildman–Crippen MR) is 89.5 cm³/mol. The van der Waals surface area contributed by atoms with Gasteiger partial charge in [-0.2, -0.15) is 0 Å². The molecule has 1 aliphatic heterocycles. The van der Waals surface area contributed by atoms with E-state index in [0.717, 1.165) is 16.9 Å². The second kappa shape index (κ2) is 5.47. The van der Waals surface area contributed by atoms with Gasteiger partial charge in [0.1, 0.15) is 0 Å². The SMILES string of the molecule is CN1/C(=C\C(=O)C(=O)c2cccnc2)C(C)(C)c2ccccc21. The van der Waals surface area contributed by atoms with E-state index in [1.807, 2.05) is 30.1 Å². The number of benzene rings is 1. The molecule has 2 heterocycles. The van der Waals surface area contributed by atoms with E-state index >= 15 is 0 Å². The van der Waals surface area contributed by atoms with E-state index in [9.17, 15) is 9.59 Å². The number of carbonyl (C=O) groups excluding carboxylic acids is 2. The van der Waals surface area contributed by atoms with Crippen LogP contribution in [0, 0.1) is 0 Å². The molecule has 0 bridgehead atoms. The maximum absolute atomic E-state index is 12.4. The maximum atomic E-state index is 12.4. The van der Waals surface area contributed by atoms with E-state index < -0.39 is 11.6 Å². The summed E-state index contributed by atoms with van der Waals surface area (Å²) in [4.78, 5) is 30.5. The lowest BCUT2D eigenvalue weighted by Gasteiger charge is -2.23. The minimum atomic E-state index is -0.536. The Kier molecular flexibility index (Phi) is 3.60. The molecule has 0 radical (unpaired) electrons. The van der Waals surface area contributed by atoms with Crippen molar-refractivity contribution in [2.24, 2.45) is 0 Å². The Morgan fingerprint density at radius 1 is 1.13 bits per heavy atom. The molecule has 4 nitrogen and oxygen atoms in total. The summed E-state index contributed by atoms with van der Waals surface area (Å²) >= 11 is 0. The summed E-state index contributed by atoms with van der Waals surface area (Å²) in [7, 11) is 1.92. The molecular weight excluding hydrogens is 288 g/mol. The second-order valence-electron chi connectivity index (χ2n) is 6.17. The van der Waals surface area contributed by atoms with Crippen LogP contribution in [0.15, 0.2) is 60.6 Å². The van der Waals surface area contributed by atoms with E-state index in [-0.39, 0.29) is 5.41 Å². The first-order valence-corrected chi connectivity index (χ1v) is 7.47. The van der Waals surface area contributed by atoms with Crippen molar-refractivity contribution >= 4 is 17.3 Å². The number of rotatable bonds is 3. The minimum Gasteiger partial charge on any atom is -0.347 e. The molecule has 2 aromatic rings. The predicted octanol–water partition coefficient (Wildman–Crippen LogP) is 3.14. The molecule has 0 saturated heterocycles. The first kappa shape index (κ1) is 15.2. The van der Waals surface area contributed by atoms with Gasteiger partial charge in [-0.05, 0) is 23.8 Å². The van der Waals surface area contributed by atoms with Crippen LogP contribution in [-0.4, -0.2) is 23.6 Å². The number of likely N-dealkylation sites (N-methyl/N-ethyl adjacent to an activating group) is 1. The van der Waals surface area contributed by atoms with Crippen molar-refractivity contribution < 1.29 is 9.59 Å². The van der Waals surface area contributed by atoms with Crippen molar-refractivity contribution in [3.05, 3.63) is 71.7 Å². The number of allylic oxidation sites excluding steroid dienone is 2. The van der Waals surface area contributed by atoms with Crippen molar-refractivity contribution in [1.29, 1.82) is 0 Å². The Bertz CT molecular complexity index is 807. The zero-order valence-corrected chi connectivity index (χ0v) is 13.4. The number of pyridine rings is 1. The van der Waals surface area contributed by atoms with E-state index in [1.165, 1.54) is 12.3 Å². The van der Waals surface area contributed by atoms with Gasteiger partial charge in [-0.25, -0.2) is 0 Å². The van der Waals surface area contributed by atoms with Gasteiger partial charge in [-0.15, -0.1) is 0 Å². The Balaban J connectivity index is 1.97. The summed E-state index contributed by atoms with van der Waals surface area (Å²) in [6.07, 6.45) is 4.44. The standard InChI is InChI=1S/C19H18N2O2/c1-19(2)14-8-4-5-9-15(14)21(3)17(19)11-16(22)18(23)13-7-6-10-20-12-13/h4-12H,1-3H3/b17-11-. The first-order valence-electron chi connectivity index (χ1n) is 7.47. The van der Waals surface area contributed by atoms with Crippen LogP contribution in [0.3, 0.4) is 0 Å². The van der Waals surface area contributed by atoms with Crippen molar-refractivity contribution in [3.63, 3.8) is 0 Å². The lowest BCUT2D eigenvalue weighted by Crippen LogP contribution is -2.25. The van der Waals surface area contributed by atoms with Crippen LogP contribution in [0.5, 0.6) is 0 Å². The molecule has 1 aromatic carbocycles. The molecule has 23 heavy (non-hydrogen) atoms. The molecule has 0 amide bonds. The molecule has 0 aliphatic carbocycles. The summed E-state index contributed by atoms with van der Waals surface area (Å²) < 4.78 is 0. The maximum Gasteiger partial charge on any atom is 0.234 e. The van der Waals surface area contributed by atoms with Gasteiger partial charge in [-0.3, -0.25) is 14.6 Å². The molecule has 3 rings (SSSR count). The molecule has 1 aliphatic rings. The smallest absolute Gasteiger partial charge is 0.234 e. The fourth-order valence-electron chi connectivity index (χ4n) is 3.09. The molecule has 116 valence electrons. The topological polar surface area (TPSA) is 50.3 Å². The van der Waals surface area contributed by atoms with Gasteiger partial charge >= 0.3 is 0 Å². The molecule has 4 heteroatoms. The first-order chi connectivity index (χ1) is 10.9. The highest BCUT2D eigenvalue weighted by atomic mass is 16.2. The fraction of sp³-hybridized carbons (Fsp3) is 0.211. The Morgan fingerprint density at radius 3 is 2.52 bits per heavy atom. The Morgan fingerprint density at radius 2 is 1.87 bits per heavy atom. The molecule has 0 N–H and O–H groups in total. The van der Waals surface area contributed by atoms with Crippen LogP contribution in [0.2, 0.25) is 0 Å². The average Bonchev–Trinajstić information content (AvgIpc) is 2.76. The summed E-state index contributed by atoms with van der Waals surface area (Å²) in [5, 5.41) is 0. The van der Waals surface area contributed by atoms with Gasteiger partial charge in [0.15, 0.2) is 0 Å². The molecular formula is C19H18N2O2. The second-order valence-corrected chi connectivity index (χ2v) is 6.17. The van der Waals surface area contributed by atoms with Crippen molar-refractivity contribution in [1.82, 2.24) is 4.98 Å². The number of Topliss-reactive ketones (excluding diaryl/α,β-unsaturated/α-hetero) is 1. The average molecular weight is 306 g/mol. The van der Waals surface area contributed by atoms with E-state index in [1.54, 1.807) is 18.3 Å². The van der Waals surface area contributed by atoms with E-state index in [0.29, 0.717) is 5.56 Å². The minimum absolute atomic E-state index is 0.310. The lowest BCUT2D eigenvalue weighted by molar-refractivity contribution is -0.111.